The number of carbonyl (C=O) groups excluding carboxylic acids is 3. The average Bonchev–Trinajstić information content (AvgIpc) is 3.44. The standard InChI is InChI=1S/C24H31FN4O3S/c1-24(2,3)28-22(32)21(16-8-10-17(25)11-9-16)29(18-6-4-5-7-18)20(31)13-12-19(30)27-23-26-14-15-33-23/h8-11,14-15,18,21H,4-7,12-13H2,1-3H3,(H,28,32)(H,26,27,30)/t21-/m0/s1. The molecular formula is C24H31FN4O3S. The minimum Gasteiger partial charge on any atom is -0.349 e. The van der Waals surface area contributed by atoms with Gasteiger partial charge in [0.15, 0.2) is 5.13 Å². The quantitative estimate of drug-likeness (QED) is 0.592. The predicted octanol–water partition coefficient (Wildman–Crippen LogP) is 4.43. The van der Waals surface area contributed by atoms with Gasteiger partial charge in [0, 0.05) is 36.0 Å². The molecule has 1 aliphatic rings. The van der Waals surface area contributed by atoms with Gasteiger partial charge in [0.2, 0.25) is 17.7 Å². The fourth-order valence-electron chi connectivity index (χ4n) is 4.08. The van der Waals surface area contributed by atoms with E-state index in [0.29, 0.717) is 10.7 Å². The smallest absolute Gasteiger partial charge is 0.247 e. The number of benzene rings is 1. The Labute approximate surface area is 197 Å². The van der Waals surface area contributed by atoms with Crippen LogP contribution in [0.4, 0.5) is 9.52 Å². The van der Waals surface area contributed by atoms with Gasteiger partial charge in [-0.15, -0.1) is 11.3 Å². The van der Waals surface area contributed by atoms with Crippen LogP contribution in [-0.4, -0.2) is 39.2 Å². The summed E-state index contributed by atoms with van der Waals surface area (Å²) in [6.45, 7) is 5.62. The Bertz CT molecular complexity index is 951. The number of nitrogens with zero attached hydrogens (tertiary/aromatic N) is 2. The SMILES string of the molecule is CC(C)(C)NC(=O)[C@H](c1ccc(F)cc1)N(C(=O)CCC(=O)Nc1nccs1)C1CCCC1. The Morgan fingerprint density at radius 3 is 2.39 bits per heavy atom. The molecule has 1 saturated carbocycles. The van der Waals surface area contributed by atoms with Crippen LogP contribution < -0.4 is 10.6 Å². The molecule has 1 fully saturated rings. The van der Waals surface area contributed by atoms with Crippen LogP contribution in [0.15, 0.2) is 35.8 Å². The molecule has 9 heteroatoms. The summed E-state index contributed by atoms with van der Waals surface area (Å²) in [4.78, 5) is 44.8. The summed E-state index contributed by atoms with van der Waals surface area (Å²) in [5, 5.41) is 7.89. The predicted molar refractivity (Wildman–Crippen MR) is 126 cm³/mol. The van der Waals surface area contributed by atoms with Crippen LogP contribution >= 0.6 is 11.3 Å². The first-order valence-corrected chi connectivity index (χ1v) is 12.1. The highest BCUT2D eigenvalue weighted by molar-refractivity contribution is 7.13. The lowest BCUT2D eigenvalue weighted by molar-refractivity contribution is -0.144. The number of halogens is 1. The van der Waals surface area contributed by atoms with Gasteiger partial charge in [0.25, 0.3) is 0 Å². The van der Waals surface area contributed by atoms with Crippen LogP contribution in [0.25, 0.3) is 0 Å². The van der Waals surface area contributed by atoms with E-state index in [4.69, 9.17) is 0 Å². The molecule has 2 N–H and O–H groups in total. The van der Waals surface area contributed by atoms with E-state index >= 15 is 0 Å². The molecule has 33 heavy (non-hydrogen) atoms. The van der Waals surface area contributed by atoms with Gasteiger partial charge in [-0.2, -0.15) is 0 Å². The van der Waals surface area contributed by atoms with Gasteiger partial charge in [0.1, 0.15) is 11.9 Å². The fourth-order valence-corrected chi connectivity index (χ4v) is 4.62. The molecule has 3 rings (SSSR count). The molecule has 0 saturated heterocycles. The zero-order valence-corrected chi connectivity index (χ0v) is 20.1. The van der Waals surface area contributed by atoms with Crippen LogP contribution in [0.2, 0.25) is 0 Å². The zero-order valence-electron chi connectivity index (χ0n) is 19.3. The lowest BCUT2D eigenvalue weighted by Crippen LogP contribution is -2.51. The number of thiazole rings is 1. The molecule has 0 unspecified atom stereocenters. The monoisotopic (exact) mass is 474 g/mol. The number of hydrogen-bond acceptors (Lipinski definition) is 5. The highest BCUT2D eigenvalue weighted by Crippen LogP contribution is 2.33. The Kier molecular flexibility index (Phi) is 8.18. The normalized spacial score (nSPS) is 15.2. The lowest BCUT2D eigenvalue weighted by Gasteiger charge is -2.37. The topological polar surface area (TPSA) is 91.4 Å². The minimum atomic E-state index is -0.901. The van der Waals surface area contributed by atoms with Crippen molar-refractivity contribution in [1.29, 1.82) is 0 Å². The van der Waals surface area contributed by atoms with Gasteiger partial charge < -0.3 is 15.5 Å². The van der Waals surface area contributed by atoms with Gasteiger partial charge in [-0.05, 0) is 51.3 Å². The van der Waals surface area contributed by atoms with Crippen molar-refractivity contribution < 1.29 is 18.8 Å². The number of amides is 3. The second-order valence-electron chi connectivity index (χ2n) is 9.32. The lowest BCUT2D eigenvalue weighted by atomic mass is 9.98. The fraction of sp³-hybridized carbons (Fsp3) is 0.500. The van der Waals surface area contributed by atoms with E-state index in [0.717, 1.165) is 25.7 Å². The zero-order chi connectivity index (χ0) is 24.0. The summed E-state index contributed by atoms with van der Waals surface area (Å²) in [5.74, 6) is -1.30. The summed E-state index contributed by atoms with van der Waals surface area (Å²) in [5.41, 5.74) is 0.0403. The van der Waals surface area contributed by atoms with E-state index in [-0.39, 0.29) is 36.6 Å². The summed E-state index contributed by atoms with van der Waals surface area (Å²) >= 11 is 1.30. The van der Waals surface area contributed by atoms with E-state index in [2.05, 4.69) is 15.6 Å². The number of anilines is 1. The van der Waals surface area contributed by atoms with Crippen molar-refractivity contribution in [2.24, 2.45) is 0 Å². The van der Waals surface area contributed by atoms with Crippen molar-refractivity contribution >= 4 is 34.2 Å². The molecule has 0 radical (unpaired) electrons. The number of rotatable bonds is 8. The first-order valence-electron chi connectivity index (χ1n) is 11.2. The third-order valence-corrected chi connectivity index (χ3v) is 6.15. The molecule has 7 nitrogen and oxygen atoms in total. The van der Waals surface area contributed by atoms with E-state index in [1.54, 1.807) is 28.6 Å². The van der Waals surface area contributed by atoms with Crippen molar-refractivity contribution in [2.45, 2.75) is 76.9 Å². The molecule has 1 heterocycles. The Hall–Kier alpha value is -2.81. The number of aromatic nitrogens is 1. The first kappa shape index (κ1) is 24.8. The van der Waals surface area contributed by atoms with Crippen molar-refractivity contribution in [3.63, 3.8) is 0 Å². The molecule has 1 aromatic carbocycles. The summed E-state index contributed by atoms with van der Waals surface area (Å²) in [6.07, 6.45) is 5.06. The van der Waals surface area contributed by atoms with Gasteiger partial charge in [0.05, 0.1) is 0 Å². The van der Waals surface area contributed by atoms with Crippen molar-refractivity contribution in [3.8, 4) is 0 Å². The molecule has 1 atom stereocenters. The molecule has 178 valence electrons. The van der Waals surface area contributed by atoms with Crippen LogP contribution in [0.3, 0.4) is 0 Å². The van der Waals surface area contributed by atoms with E-state index in [1.165, 1.54) is 23.5 Å². The van der Waals surface area contributed by atoms with Gasteiger partial charge >= 0.3 is 0 Å². The van der Waals surface area contributed by atoms with E-state index in [9.17, 15) is 18.8 Å². The third kappa shape index (κ3) is 7.08. The Morgan fingerprint density at radius 2 is 1.82 bits per heavy atom. The number of hydrogen-bond donors (Lipinski definition) is 2. The molecule has 0 spiro atoms. The molecule has 0 aliphatic heterocycles. The Morgan fingerprint density at radius 1 is 1.15 bits per heavy atom. The average molecular weight is 475 g/mol. The largest absolute Gasteiger partial charge is 0.349 e. The van der Waals surface area contributed by atoms with E-state index in [1.807, 2.05) is 20.8 Å². The summed E-state index contributed by atoms with van der Waals surface area (Å²) in [7, 11) is 0. The first-order chi connectivity index (χ1) is 15.6. The van der Waals surface area contributed by atoms with Crippen molar-refractivity contribution in [3.05, 3.63) is 47.2 Å². The number of carbonyl (C=O) groups is 3. The minimum absolute atomic E-state index is 0.0152. The summed E-state index contributed by atoms with van der Waals surface area (Å²) < 4.78 is 13.6. The second kappa shape index (κ2) is 10.9. The molecule has 3 amide bonds. The molecular weight excluding hydrogens is 443 g/mol. The molecule has 0 bridgehead atoms. The molecule has 1 aliphatic carbocycles. The van der Waals surface area contributed by atoms with Gasteiger partial charge in [-0.1, -0.05) is 25.0 Å². The van der Waals surface area contributed by atoms with Crippen LogP contribution in [0.1, 0.15) is 70.9 Å². The van der Waals surface area contributed by atoms with Crippen LogP contribution in [0.5, 0.6) is 0 Å². The molecule has 1 aromatic heterocycles. The summed E-state index contributed by atoms with van der Waals surface area (Å²) in [6, 6.07) is 4.68. The van der Waals surface area contributed by atoms with Gasteiger partial charge in [-0.3, -0.25) is 14.4 Å². The maximum Gasteiger partial charge on any atom is 0.247 e. The molecule has 2 aromatic rings. The van der Waals surface area contributed by atoms with Crippen LogP contribution in [-0.2, 0) is 14.4 Å². The maximum atomic E-state index is 13.6. The highest BCUT2D eigenvalue weighted by Gasteiger charge is 2.38. The highest BCUT2D eigenvalue weighted by atomic mass is 32.1. The maximum absolute atomic E-state index is 13.6. The Balaban J connectivity index is 1.85. The van der Waals surface area contributed by atoms with Crippen LogP contribution in [0, 0.1) is 5.82 Å². The van der Waals surface area contributed by atoms with Gasteiger partial charge in [-0.25, -0.2) is 9.37 Å². The van der Waals surface area contributed by atoms with Crippen molar-refractivity contribution in [1.82, 2.24) is 15.2 Å². The van der Waals surface area contributed by atoms with Crippen molar-refractivity contribution in [2.75, 3.05) is 5.32 Å². The second-order valence-corrected chi connectivity index (χ2v) is 10.2. The van der Waals surface area contributed by atoms with E-state index < -0.39 is 17.4 Å². The third-order valence-electron chi connectivity index (χ3n) is 5.46. The number of nitrogens with one attached hydrogen (secondary N) is 2.